The Hall–Kier alpha value is -2.70. The summed E-state index contributed by atoms with van der Waals surface area (Å²) in [6, 6.07) is 9.08. The lowest BCUT2D eigenvalue weighted by Gasteiger charge is -2.39. The number of nitrogens with one attached hydrogen (secondary N) is 1. The molecule has 0 spiro atoms. The number of hydrogen-bond donors (Lipinski definition) is 1. The molecule has 1 aliphatic heterocycles. The normalized spacial score (nSPS) is 14.2. The van der Waals surface area contributed by atoms with Crippen molar-refractivity contribution in [1.82, 2.24) is 4.90 Å². The summed E-state index contributed by atoms with van der Waals surface area (Å²) in [6.07, 6.45) is 1.35. The third kappa shape index (κ3) is 4.68. The Morgan fingerprint density at radius 1 is 1.19 bits per heavy atom. The number of rotatable bonds is 3. The van der Waals surface area contributed by atoms with Crippen LogP contribution in [0.15, 0.2) is 30.0 Å². The van der Waals surface area contributed by atoms with Gasteiger partial charge in [-0.05, 0) is 18.2 Å². The first-order valence-corrected chi connectivity index (χ1v) is 8.75. The Morgan fingerprint density at radius 3 is 2.31 bits per heavy atom. The number of nitriles is 2. The van der Waals surface area contributed by atoms with E-state index in [9.17, 15) is 4.79 Å². The molecule has 1 aromatic carbocycles. The van der Waals surface area contributed by atoms with Crippen molar-refractivity contribution < 1.29 is 4.79 Å². The van der Waals surface area contributed by atoms with Crippen LogP contribution in [0.2, 0.25) is 5.02 Å². The molecule has 6 nitrogen and oxygen atoms in total. The van der Waals surface area contributed by atoms with Gasteiger partial charge < -0.3 is 15.1 Å². The van der Waals surface area contributed by atoms with Gasteiger partial charge in [-0.3, -0.25) is 4.79 Å². The molecular formula is C19H22ClN5O. The van der Waals surface area contributed by atoms with Gasteiger partial charge in [0, 0.05) is 43.5 Å². The molecule has 1 aromatic rings. The number of piperazine rings is 1. The van der Waals surface area contributed by atoms with E-state index in [1.54, 1.807) is 18.2 Å². The Labute approximate surface area is 159 Å². The van der Waals surface area contributed by atoms with Crippen LogP contribution >= 0.6 is 11.6 Å². The van der Waals surface area contributed by atoms with Crippen LogP contribution in [-0.2, 0) is 4.79 Å². The molecule has 0 aliphatic carbocycles. The van der Waals surface area contributed by atoms with Gasteiger partial charge >= 0.3 is 0 Å². The first-order chi connectivity index (χ1) is 12.3. The molecule has 1 aliphatic rings. The van der Waals surface area contributed by atoms with Gasteiger partial charge in [-0.15, -0.1) is 0 Å². The lowest BCUT2D eigenvalue weighted by Crippen LogP contribution is -2.51. The van der Waals surface area contributed by atoms with Gasteiger partial charge in [0.15, 0.2) is 0 Å². The van der Waals surface area contributed by atoms with Crippen LogP contribution < -0.4 is 10.2 Å². The summed E-state index contributed by atoms with van der Waals surface area (Å²) in [5.74, 6) is 0.167. The molecule has 1 heterocycles. The summed E-state index contributed by atoms with van der Waals surface area (Å²) < 4.78 is 0. The van der Waals surface area contributed by atoms with Crippen molar-refractivity contribution in [3.63, 3.8) is 0 Å². The zero-order valence-corrected chi connectivity index (χ0v) is 16.0. The number of carbonyl (C=O) groups is 1. The third-order valence-corrected chi connectivity index (χ3v) is 4.42. The monoisotopic (exact) mass is 371 g/mol. The van der Waals surface area contributed by atoms with E-state index in [2.05, 4.69) is 10.2 Å². The van der Waals surface area contributed by atoms with Crippen molar-refractivity contribution in [1.29, 1.82) is 10.5 Å². The lowest BCUT2D eigenvalue weighted by molar-refractivity contribution is -0.139. The van der Waals surface area contributed by atoms with Crippen LogP contribution in [-0.4, -0.2) is 37.0 Å². The molecule has 26 heavy (non-hydrogen) atoms. The molecule has 0 aromatic heterocycles. The number of anilines is 2. The van der Waals surface area contributed by atoms with E-state index in [0.717, 1.165) is 18.8 Å². The minimum atomic E-state index is -0.369. The second-order valence-electron chi connectivity index (χ2n) is 7.12. The second kappa shape index (κ2) is 8.12. The number of nitrogens with zero attached hydrogens (tertiary/aromatic N) is 4. The Kier molecular flexibility index (Phi) is 6.13. The van der Waals surface area contributed by atoms with Gasteiger partial charge in [0.1, 0.15) is 17.7 Å². The molecule has 0 bridgehead atoms. The molecule has 0 unspecified atom stereocenters. The second-order valence-corrected chi connectivity index (χ2v) is 7.53. The Bertz CT molecular complexity index is 774. The Morgan fingerprint density at radius 2 is 1.81 bits per heavy atom. The van der Waals surface area contributed by atoms with Gasteiger partial charge in [0.2, 0.25) is 5.91 Å². The highest BCUT2D eigenvalue weighted by molar-refractivity contribution is 6.33. The molecule has 7 heteroatoms. The fourth-order valence-electron chi connectivity index (χ4n) is 2.72. The quantitative estimate of drug-likeness (QED) is 0.823. The maximum absolute atomic E-state index is 12.4. The van der Waals surface area contributed by atoms with E-state index in [4.69, 9.17) is 22.1 Å². The predicted octanol–water partition coefficient (Wildman–Crippen LogP) is 3.38. The minimum absolute atomic E-state index is 0.00941. The van der Waals surface area contributed by atoms with Crippen molar-refractivity contribution >= 4 is 28.9 Å². The van der Waals surface area contributed by atoms with E-state index in [1.807, 2.05) is 37.8 Å². The van der Waals surface area contributed by atoms with Gasteiger partial charge in [0.25, 0.3) is 0 Å². The average molecular weight is 372 g/mol. The summed E-state index contributed by atoms with van der Waals surface area (Å²) in [5, 5.41) is 21.0. The van der Waals surface area contributed by atoms with Gasteiger partial charge in [-0.25, -0.2) is 0 Å². The molecule has 1 fully saturated rings. The highest BCUT2D eigenvalue weighted by Crippen LogP contribution is 2.30. The van der Waals surface area contributed by atoms with E-state index < -0.39 is 0 Å². The van der Waals surface area contributed by atoms with Crippen molar-refractivity contribution in [3.05, 3.63) is 35.0 Å². The van der Waals surface area contributed by atoms with E-state index in [0.29, 0.717) is 23.8 Å². The van der Waals surface area contributed by atoms with Crippen LogP contribution in [0.1, 0.15) is 20.8 Å². The summed E-state index contributed by atoms with van der Waals surface area (Å²) in [5.41, 5.74) is 1.23. The first kappa shape index (κ1) is 19.6. The summed E-state index contributed by atoms with van der Waals surface area (Å²) >= 11 is 6.40. The molecule has 1 amide bonds. The minimum Gasteiger partial charge on any atom is -0.367 e. The number of benzene rings is 1. The highest BCUT2D eigenvalue weighted by atomic mass is 35.5. The summed E-state index contributed by atoms with van der Waals surface area (Å²) in [6.45, 7) is 8.59. The van der Waals surface area contributed by atoms with Crippen molar-refractivity contribution in [3.8, 4) is 12.1 Å². The van der Waals surface area contributed by atoms with E-state index >= 15 is 0 Å². The lowest BCUT2D eigenvalue weighted by atomic mass is 9.94. The molecule has 0 atom stereocenters. The first-order valence-electron chi connectivity index (χ1n) is 8.37. The van der Waals surface area contributed by atoms with Gasteiger partial charge in [0.05, 0.1) is 10.7 Å². The highest BCUT2D eigenvalue weighted by Gasteiger charge is 2.30. The van der Waals surface area contributed by atoms with Crippen LogP contribution in [0.5, 0.6) is 0 Å². The van der Waals surface area contributed by atoms with E-state index in [-0.39, 0.29) is 16.9 Å². The molecule has 0 saturated carbocycles. The summed E-state index contributed by atoms with van der Waals surface area (Å²) in [4.78, 5) is 16.4. The van der Waals surface area contributed by atoms with E-state index in [1.165, 1.54) is 6.20 Å². The van der Waals surface area contributed by atoms with Crippen molar-refractivity contribution in [2.24, 2.45) is 5.41 Å². The van der Waals surface area contributed by atoms with Crippen molar-refractivity contribution in [2.45, 2.75) is 20.8 Å². The fraction of sp³-hybridized carbons (Fsp3) is 0.421. The maximum Gasteiger partial charge on any atom is 0.228 e. The molecule has 2 rings (SSSR count). The number of halogens is 1. The molecule has 1 saturated heterocycles. The Balaban J connectivity index is 2.03. The molecule has 136 valence electrons. The zero-order chi connectivity index (χ0) is 19.3. The fourth-order valence-corrected chi connectivity index (χ4v) is 3.02. The van der Waals surface area contributed by atoms with Crippen LogP contribution in [0.3, 0.4) is 0 Å². The van der Waals surface area contributed by atoms with Crippen molar-refractivity contribution in [2.75, 3.05) is 36.4 Å². The zero-order valence-electron chi connectivity index (χ0n) is 15.2. The number of carbonyl (C=O) groups excluding carboxylic acids is 1. The molecule has 0 radical (unpaired) electrons. The smallest absolute Gasteiger partial charge is 0.228 e. The van der Waals surface area contributed by atoms with Crippen LogP contribution in [0.25, 0.3) is 0 Å². The SMILES string of the molecule is CC(C)(C)C(=O)N1CCN(c2ccc(NC=C(C#N)C#N)cc2Cl)CC1. The van der Waals surface area contributed by atoms with Gasteiger partial charge in [-0.1, -0.05) is 32.4 Å². The van der Waals surface area contributed by atoms with Gasteiger partial charge in [-0.2, -0.15) is 10.5 Å². The number of allylic oxidation sites excluding steroid dienone is 1. The van der Waals surface area contributed by atoms with Crippen LogP contribution in [0, 0.1) is 28.1 Å². The maximum atomic E-state index is 12.4. The van der Waals surface area contributed by atoms with Crippen LogP contribution in [0.4, 0.5) is 11.4 Å². The standard InChI is InChI=1S/C19H22ClN5O/c1-19(2,3)18(26)25-8-6-24(7-9-25)17-5-4-15(10-16(17)20)23-13-14(11-21)12-22/h4-5,10,13,23H,6-9H2,1-3H3. The molecule has 1 N–H and O–H groups in total. The average Bonchev–Trinajstić information content (AvgIpc) is 2.61. The number of amides is 1. The number of hydrogen-bond acceptors (Lipinski definition) is 5. The summed E-state index contributed by atoms with van der Waals surface area (Å²) in [7, 11) is 0. The predicted molar refractivity (Wildman–Crippen MR) is 103 cm³/mol. The largest absolute Gasteiger partial charge is 0.367 e. The third-order valence-electron chi connectivity index (χ3n) is 4.12. The molecular weight excluding hydrogens is 350 g/mol. The topological polar surface area (TPSA) is 83.2 Å².